The molecule has 0 radical (unpaired) electrons. The van der Waals surface area contributed by atoms with Crippen LogP contribution in [0.15, 0.2) is 30.6 Å². The lowest BCUT2D eigenvalue weighted by molar-refractivity contribution is 0.355. The summed E-state index contributed by atoms with van der Waals surface area (Å²) in [5, 5.41) is 8.39. The molecule has 0 spiro atoms. The summed E-state index contributed by atoms with van der Waals surface area (Å²) in [7, 11) is 1.68. The molecule has 0 saturated heterocycles. The van der Waals surface area contributed by atoms with Crippen molar-refractivity contribution in [3.8, 4) is 17.1 Å². The zero-order chi connectivity index (χ0) is 13.1. The summed E-state index contributed by atoms with van der Waals surface area (Å²) in [6.45, 7) is 0. The number of rotatable bonds is 3. The standard InChI is InChI=1S/C15H19N3O/c1-19-14-9-7-12(8-10-14)15-17-16-11-18(15)13-5-3-2-4-6-13/h7-11,13H,2-6H2,1H3. The second kappa shape index (κ2) is 5.43. The summed E-state index contributed by atoms with van der Waals surface area (Å²) in [5.74, 6) is 1.84. The van der Waals surface area contributed by atoms with Gasteiger partial charge in [0.25, 0.3) is 0 Å². The first-order valence-corrected chi connectivity index (χ1v) is 6.92. The number of nitrogens with zero attached hydrogens (tertiary/aromatic N) is 3. The molecule has 1 aliphatic carbocycles. The van der Waals surface area contributed by atoms with E-state index in [4.69, 9.17) is 4.74 Å². The van der Waals surface area contributed by atoms with E-state index < -0.39 is 0 Å². The summed E-state index contributed by atoms with van der Waals surface area (Å²) < 4.78 is 7.43. The summed E-state index contributed by atoms with van der Waals surface area (Å²) in [4.78, 5) is 0. The van der Waals surface area contributed by atoms with Gasteiger partial charge in [-0.3, -0.25) is 0 Å². The monoisotopic (exact) mass is 257 g/mol. The van der Waals surface area contributed by atoms with Crippen molar-refractivity contribution in [1.82, 2.24) is 14.8 Å². The van der Waals surface area contributed by atoms with Crippen LogP contribution in [0.2, 0.25) is 0 Å². The zero-order valence-corrected chi connectivity index (χ0v) is 11.2. The Bertz CT molecular complexity index is 527. The fourth-order valence-corrected chi connectivity index (χ4v) is 2.82. The van der Waals surface area contributed by atoms with Gasteiger partial charge >= 0.3 is 0 Å². The minimum atomic E-state index is 0.556. The highest BCUT2D eigenvalue weighted by Gasteiger charge is 2.19. The fraction of sp³-hybridized carbons (Fsp3) is 0.467. The second-order valence-corrected chi connectivity index (χ2v) is 5.08. The molecule has 4 nitrogen and oxygen atoms in total. The lowest BCUT2D eigenvalue weighted by atomic mass is 9.95. The van der Waals surface area contributed by atoms with Gasteiger partial charge in [-0.15, -0.1) is 10.2 Å². The van der Waals surface area contributed by atoms with Crippen LogP contribution in [0.4, 0.5) is 0 Å². The normalized spacial score (nSPS) is 16.5. The molecule has 2 aromatic rings. The van der Waals surface area contributed by atoms with Gasteiger partial charge in [-0.05, 0) is 37.1 Å². The molecule has 0 unspecified atom stereocenters. The van der Waals surface area contributed by atoms with Crippen LogP contribution in [0.5, 0.6) is 5.75 Å². The Morgan fingerprint density at radius 2 is 1.84 bits per heavy atom. The molecule has 19 heavy (non-hydrogen) atoms. The molecule has 0 N–H and O–H groups in total. The van der Waals surface area contributed by atoms with E-state index in [1.807, 2.05) is 30.6 Å². The smallest absolute Gasteiger partial charge is 0.164 e. The number of ether oxygens (including phenoxy) is 1. The minimum absolute atomic E-state index is 0.556. The molecule has 4 heteroatoms. The molecular formula is C15H19N3O. The predicted molar refractivity (Wildman–Crippen MR) is 74.1 cm³/mol. The molecule has 3 rings (SSSR count). The zero-order valence-electron chi connectivity index (χ0n) is 11.2. The molecule has 0 amide bonds. The summed E-state index contributed by atoms with van der Waals surface area (Å²) in [6, 6.07) is 8.58. The van der Waals surface area contributed by atoms with Gasteiger partial charge in [0.2, 0.25) is 0 Å². The first-order chi connectivity index (χ1) is 9.38. The number of aromatic nitrogens is 3. The van der Waals surface area contributed by atoms with Gasteiger partial charge in [0.1, 0.15) is 12.1 Å². The van der Waals surface area contributed by atoms with Crippen molar-refractivity contribution < 1.29 is 4.74 Å². The Morgan fingerprint density at radius 1 is 1.11 bits per heavy atom. The highest BCUT2D eigenvalue weighted by Crippen LogP contribution is 2.31. The molecule has 0 bridgehead atoms. The van der Waals surface area contributed by atoms with Crippen molar-refractivity contribution in [2.75, 3.05) is 7.11 Å². The Hall–Kier alpha value is -1.84. The van der Waals surface area contributed by atoms with E-state index in [2.05, 4.69) is 14.8 Å². The Balaban J connectivity index is 1.89. The van der Waals surface area contributed by atoms with Gasteiger partial charge in [0.15, 0.2) is 5.82 Å². The van der Waals surface area contributed by atoms with E-state index in [1.165, 1.54) is 32.1 Å². The molecule has 1 fully saturated rings. The highest BCUT2D eigenvalue weighted by atomic mass is 16.5. The maximum absolute atomic E-state index is 5.19. The summed E-state index contributed by atoms with van der Waals surface area (Å²) in [6.07, 6.45) is 8.32. The molecule has 0 atom stereocenters. The Morgan fingerprint density at radius 3 is 2.53 bits per heavy atom. The van der Waals surface area contributed by atoms with Gasteiger partial charge in [0.05, 0.1) is 7.11 Å². The van der Waals surface area contributed by atoms with Gasteiger partial charge in [-0.25, -0.2) is 0 Å². The van der Waals surface area contributed by atoms with E-state index >= 15 is 0 Å². The minimum Gasteiger partial charge on any atom is -0.497 e. The third-order valence-corrected chi connectivity index (χ3v) is 3.89. The van der Waals surface area contributed by atoms with E-state index in [1.54, 1.807) is 7.11 Å². The average molecular weight is 257 g/mol. The lowest BCUT2D eigenvalue weighted by Crippen LogP contribution is -2.13. The van der Waals surface area contributed by atoms with Crippen LogP contribution in [-0.4, -0.2) is 21.9 Å². The quantitative estimate of drug-likeness (QED) is 0.845. The van der Waals surface area contributed by atoms with Crippen molar-refractivity contribution in [2.45, 2.75) is 38.1 Å². The first-order valence-electron chi connectivity index (χ1n) is 6.92. The van der Waals surface area contributed by atoms with Crippen molar-refractivity contribution in [3.63, 3.8) is 0 Å². The fourth-order valence-electron chi connectivity index (χ4n) is 2.82. The van der Waals surface area contributed by atoms with Crippen LogP contribution in [-0.2, 0) is 0 Å². The number of hydrogen-bond acceptors (Lipinski definition) is 3. The molecule has 0 aliphatic heterocycles. The lowest BCUT2D eigenvalue weighted by Gasteiger charge is -2.24. The van der Waals surface area contributed by atoms with E-state index in [-0.39, 0.29) is 0 Å². The van der Waals surface area contributed by atoms with Crippen molar-refractivity contribution >= 4 is 0 Å². The van der Waals surface area contributed by atoms with Crippen molar-refractivity contribution in [1.29, 1.82) is 0 Å². The molecule has 1 heterocycles. The van der Waals surface area contributed by atoms with Gasteiger partial charge in [-0.2, -0.15) is 0 Å². The largest absolute Gasteiger partial charge is 0.497 e. The number of benzene rings is 1. The average Bonchev–Trinajstić information content (AvgIpc) is 2.98. The van der Waals surface area contributed by atoms with E-state index in [0.29, 0.717) is 6.04 Å². The third-order valence-electron chi connectivity index (χ3n) is 3.89. The van der Waals surface area contributed by atoms with Crippen LogP contribution in [0.25, 0.3) is 11.4 Å². The molecule has 1 aromatic carbocycles. The Kier molecular flexibility index (Phi) is 3.49. The van der Waals surface area contributed by atoms with Crippen LogP contribution >= 0.6 is 0 Å². The van der Waals surface area contributed by atoms with Crippen LogP contribution in [0.3, 0.4) is 0 Å². The topological polar surface area (TPSA) is 39.9 Å². The Labute approximate surface area is 113 Å². The molecule has 100 valence electrons. The molecule has 1 saturated carbocycles. The van der Waals surface area contributed by atoms with Crippen LogP contribution in [0, 0.1) is 0 Å². The van der Waals surface area contributed by atoms with Gasteiger partial charge < -0.3 is 9.30 Å². The number of methoxy groups -OCH3 is 1. The van der Waals surface area contributed by atoms with Crippen LogP contribution < -0.4 is 4.74 Å². The van der Waals surface area contributed by atoms with Crippen molar-refractivity contribution in [2.24, 2.45) is 0 Å². The summed E-state index contributed by atoms with van der Waals surface area (Å²) >= 11 is 0. The molecular weight excluding hydrogens is 238 g/mol. The predicted octanol–water partition coefficient (Wildman–Crippen LogP) is 3.46. The third kappa shape index (κ3) is 2.48. The van der Waals surface area contributed by atoms with Crippen molar-refractivity contribution in [3.05, 3.63) is 30.6 Å². The SMILES string of the molecule is COc1ccc(-c2nncn2C2CCCCC2)cc1. The molecule has 1 aliphatic rings. The van der Waals surface area contributed by atoms with Crippen LogP contribution in [0.1, 0.15) is 38.1 Å². The maximum atomic E-state index is 5.19. The van der Waals surface area contributed by atoms with Gasteiger partial charge in [-0.1, -0.05) is 19.3 Å². The van der Waals surface area contributed by atoms with Gasteiger partial charge in [0, 0.05) is 11.6 Å². The molecule has 1 aromatic heterocycles. The van der Waals surface area contributed by atoms with E-state index in [9.17, 15) is 0 Å². The maximum Gasteiger partial charge on any atom is 0.164 e. The number of hydrogen-bond donors (Lipinski definition) is 0. The van der Waals surface area contributed by atoms with E-state index in [0.717, 1.165) is 17.1 Å². The summed E-state index contributed by atoms with van der Waals surface area (Å²) in [5.41, 5.74) is 1.10. The first kappa shape index (κ1) is 12.2. The second-order valence-electron chi connectivity index (χ2n) is 5.08. The highest BCUT2D eigenvalue weighted by molar-refractivity contribution is 5.56.